The van der Waals surface area contributed by atoms with Crippen molar-refractivity contribution in [2.45, 2.75) is 58.4 Å². The van der Waals surface area contributed by atoms with Crippen molar-refractivity contribution in [3.8, 4) is 0 Å². The predicted octanol–water partition coefficient (Wildman–Crippen LogP) is 1.25. The van der Waals surface area contributed by atoms with Crippen LogP contribution in [0, 0.1) is 5.41 Å². The number of piperidine rings is 1. The topological polar surface area (TPSA) is 60.9 Å². The van der Waals surface area contributed by atoms with E-state index in [2.05, 4.69) is 6.92 Å². The Hall–Kier alpha value is -1.59. The monoisotopic (exact) mass is 335 g/mol. The molecule has 24 heavy (non-hydrogen) atoms. The van der Waals surface area contributed by atoms with Crippen molar-refractivity contribution >= 4 is 17.7 Å². The molecule has 2 aliphatic heterocycles. The lowest BCUT2D eigenvalue weighted by atomic mass is 9.95. The summed E-state index contributed by atoms with van der Waals surface area (Å²) in [6, 6.07) is 0.297. The Morgan fingerprint density at radius 3 is 2.08 bits per heavy atom. The van der Waals surface area contributed by atoms with E-state index in [1.165, 1.54) is 6.42 Å². The smallest absolute Gasteiger partial charge is 0.238 e. The van der Waals surface area contributed by atoms with Crippen molar-refractivity contribution in [1.82, 2.24) is 14.7 Å². The fraction of sp³-hybridized carbons (Fsp3) is 0.833. The third-order valence-corrected chi connectivity index (χ3v) is 5.94. The summed E-state index contributed by atoms with van der Waals surface area (Å²) < 4.78 is 0. The molecule has 1 atom stereocenters. The fourth-order valence-corrected chi connectivity index (χ4v) is 4.14. The van der Waals surface area contributed by atoms with Crippen LogP contribution in [0.3, 0.4) is 0 Å². The molecule has 0 radical (unpaired) electrons. The lowest BCUT2D eigenvalue weighted by Gasteiger charge is -2.40. The van der Waals surface area contributed by atoms with Crippen molar-refractivity contribution in [3.05, 3.63) is 0 Å². The third-order valence-electron chi connectivity index (χ3n) is 5.94. The van der Waals surface area contributed by atoms with Gasteiger partial charge in [-0.15, -0.1) is 0 Å². The molecule has 2 heterocycles. The summed E-state index contributed by atoms with van der Waals surface area (Å²) in [7, 11) is 0. The van der Waals surface area contributed by atoms with Gasteiger partial charge >= 0.3 is 0 Å². The van der Waals surface area contributed by atoms with Gasteiger partial charge in [0.15, 0.2) is 0 Å². The molecule has 0 bridgehead atoms. The molecule has 6 heteroatoms. The number of amides is 3. The van der Waals surface area contributed by atoms with Crippen LogP contribution in [-0.4, -0.2) is 71.2 Å². The summed E-state index contributed by atoms with van der Waals surface area (Å²) in [6.07, 6.45) is 5.62. The molecule has 0 aromatic heterocycles. The van der Waals surface area contributed by atoms with Gasteiger partial charge in [0.05, 0.1) is 0 Å². The van der Waals surface area contributed by atoms with Crippen LogP contribution in [0.5, 0.6) is 0 Å². The van der Waals surface area contributed by atoms with E-state index >= 15 is 0 Å². The number of hydrogen-bond donors (Lipinski definition) is 0. The molecule has 1 saturated carbocycles. The minimum atomic E-state index is -0.789. The van der Waals surface area contributed by atoms with E-state index in [1.807, 2.05) is 4.90 Å². The number of likely N-dealkylation sites (tertiary alicyclic amines) is 1. The van der Waals surface area contributed by atoms with Gasteiger partial charge in [-0.05, 0) is 38.5 Å². The van der Waals surface area contributed by atoms with Crippen LogP contribution in [0.25, 0.3) is 0 Å². The van der Waals surface area contributed by atoms with Crippen molar-refractivity contribution in [2.75, 3.05) is 32.7 Å². The molecule has 0 aromatic carbocycles. The zero-order valence-corrected chi connectivity index (χ0v) is 14.9. The molecular formula is C18H29N3O3. The molecule has 3 fully saturated rings. The van der Waals surface area contributed by atoms with Gasteiger partial charge in [0, 0.05) is 45.7 Å². The minimum Gasteiger partial charge on any atom is -0.339 e. The van der Waals surface area contributed by atoms with Gasteiger partial charge in [-0.2, -0.15) is 0 Å². The van der Waals surface area contributed by atoms with Gasteiger partial charge in [-0.1, -0.05) is 6.92 Å². The van der Waals surface area contributed by atoms with E-state index in [0.29, 0.717) is 45.1 Å². The number of nitrogens with zero attached hydrogens (tertiary/aromatic N) is 3. The van der Waals surface area contributed by atoms with E-state index in [1.54, 1.807) is 16.7 Å². The first-order chi connectivity index (χ1) is 11.5. The number of carbonyl (C=O) groups is 3. The third kappa shape index (κ3) is 3.03. The largest absolute Gasteiger partial charge is 0.339 e. The molecule has 6 nitrogen and oxygen atoms in total. The number of carbonyl (C=O) groups excluding carboxylic acids is 3. The van der Waals surface area contributed by atoms with Gasteiger partial charge in [0.25, 0.3) is 0 Å². The number of rotatable bonds is 3. The van der Waals surface area contributed by atoms with Crippen molar-refractivity contribution in [2.24, 2.45) is 5.41 Å². The Labute approximate surface area is 144 Å². The molecule has 1 aliphatic carbocycles. The van der Waals surface area contributed by atoms with Crippen molar-refractivity contribution < 1.29 is 14.4 Å². The first-order valence-electron chi connectivity index (χ1n) is 9.35. The maximum absolute atomic E-state index is 13.1. The van der Waals surface area contributed by atoms with Crippen LogP contribution in [0.2, 0.25) is 0 Å². The zero-order chi connectivity index (χ0) is 17.3. The molecule has 2 saturated heterocycles. The highest BCUT2D eigenvalue weighted by Crippen LogP contribution is 2.49. The van der Waals surface area contributed by atoms with Gasteiger partial charge in [0.2, 0.25) is 17.7 Å². The van der Waals surface area contributed by atoms with E-state index in [-0.39, 0.29) is 17.7 Å². The summed E-state index contributed by atoms with van der Waals surface area (Å²) in [6.45, 7) is 6.72. The van der Waals surface area contributed by atoms with E-state index in [9.17, 15) is 14.4 Å². The molecule has 0 spiro atoms. The maximum atomic E-state index is 13.1. The Kier molecular flexibility index (Phi) is 4.83. The number of hydrogen-bond acceptors (Lipinski definition) is 3. The average molecular weight is 335 g/mol. The molecule has 3 aliphatic rings. The second kappa shape index (κ2) is 6.73. The molecule has 3 amide bonds. The molecule has 0 N–H and O–H groups in total. The first-order valence-corrected chi connectivity index (χ1v) is 9.35. The molecule has 134 valence electrons. The van der Waals surface area contributed by atoms with Crippen LogP contribution >= 0.6 is 0 Å². The maximum Gasteiger partial charge on any atom is 0.238 e. The van der Waals surface area contributed by atoms with Gasteiger partial charge in [-0.25, -0.2) is 0 Å². The molecular weight excluding hydrogens is 306 g/mol. The highest BCUT2D eigenvalue weighted by atomic mass is 16.2. The Balaban J connectivity index is 1.66. The lowest BCUT2D eigenvalue weighted by molar-refractivity contribution is -0.153. The predicted molar refractivity (Wildman–Crippen MR) is 90.1 cm³/mol. The Morgan fingerprint density at radius 1 is 0.917 bits per heavy atom. The van der Waals surface area contributed by atoms with Gasteiger partial charge < -0.3 is 14.7 Å². The SMILES string of the molecule is CCC1CCCCN1C(=O)C1(C(=O)N2CCN(C(C)=O)CC2)CC1. The van der Waals surface area contributed by atoms with Crippen LogP contribution < -0.4 is 0 Å². The summed E-state index contributed by atoms with van der Waals surface area (Å²) in [5.74, 6) is 0.114. The van der Waals surface area contributed by atoms with Crippen molar-refractivity contribution in [1.29, 1.82) is 0 Å². The number of piperazine rings is 1. The van der Waals surface area contributed by atoms with E-state index < -0.39 is 5.41 Å². The normalized spacial score (nSPS) is 26.2. The molecule has 1 unspecified atom stereocenters. The highest BCUT2D eigenvalue weighted by Gasteiger charge is 2.60. The quantitative estimate of drug-likeness (QED) is 0.729. The summed E-state index contributed by atoms with van der Waals surface area (Å²) in [4.78, 5) is 43.1. The molecule has 3 rings (SSSR count). The summed E-state index contributed by atoms with van der Waals surface area (Å²) >= 11 is 0. The lowest BCUT2D eigenvalue weighted by Crippen LogP contribution is -2.55. The average Bonchev–Trinajstić information content (AvgIpc) is 3.42. The van der Waals surface area contributed by atoms with E-state index in [0.717, 1.165) is 25.8 Å². The van der Waals surface area contributed by atoms with Crippen molar-refractivity contribution in [3.63, 3.8) is 0 Å². The van der Waals surface area contributed by atoms with Crippen LogP contribution in [0.4, 0.5) is 0 Å². The minimum absolute atomic E-state index is 0.00358. The summed E-state index contributed by atoms with van der Waals surface area (Å²) in [5, 5.41) is 0. The first kappa shape index (κ1) is 17.2. The fourth-order valence-electron chi connectivity index (χ4n) is 4.14. The van der Waals surface area contributed by atoms with Crippen LogP contribution in [-0.2, 0) is 14.4 Å². The Morgan fingerprint density at radius 2 is 1.54 bits per heavy atom. The van der Waals surface area contributed by atoms with Crippen LogP contribution in [0.15, 0.2) is 0 Å². The molecule has 0 aromatic rings. The summed E-state index contributed by atoms with van der Waals surface area (Å²) in [5.41, 5.74) is -0.789. The Bertz CT molecular complexity index is 522. The van der Waals surface area contributed by atoms with Gasteiger partial charge in [0.1, 0.15) is 5.41 Å². The standard InChI is InChI=1S/C18H29N3O3/c1-3-15-6-4-5-9-21(15)17(24)18(7-8-18)16(23)20-12-10-19(11-13-20)14(2)22/h15H,3-13H2,1-2H3. The second-order valence-electron chi connectivity index (χ2n) is 7.44. The van der Waals surface area contributed by atoms with Gasteiger partial charge in [-0.3, -0.25) is 14.4 Å². The van der Waals surface area contributed by atoms with E-state index in [4.69, 9.17) is 0 Å². The highest BCUT2D eigenvalue weighted by molar-refractivity contribution is 6.08. The van der Waals surface area contributed by atoms with Crippen LogP contribution in [0.1, 0.15) is 52.4 Å². The zero-order valence-electron chi connectivity index (χ0n) is 14.9. The second-order valence-corrected chi connectivity index (χ2v) is 7.44.